The molecule has 0 aromatic heterocycles. The van der Waals surface area contributed by atoms with Crippen LogP contribution < -0.4 is 0 Å². The van der Waals surface area contributed by atoms with Gasteiger partial charge in [0.15, 0.2) is 19.9 Å². The fourth-order valence-electron chi connectivity index (χ4n) is 7.62. The number of allylic oxidation sites excluding steroid dienone is 2. The van der Waals surface area contributed by atoms with Gasteiger partial charge in [0.1, 0.15) is 0 Å². The van der Waals surface area contributed by atoms with E-state index in [2.05, 4.69) is 40.8 Å². The predicted molar refractivity (Wildman–Crippen MR) is 127 cm³/mol. The summed E-state index contributed by atoms with van der Waals surface area (Å²) in [4.78, 5) is 27.2. The Morgan fingerprint density at radius 3 is 2.38 bits per heavy atom. The third-order valence-electron chi connectivity index (χ3n) is 10.1. The SMILES string of the molecule is COCC[C@H]1[C@@H](OC)C[C@]23C[C@@]2(O[Si](C)(C)C(C)(C)C)C[C@@H]2C(=O)C=C(C)C(=O)[C@]2(C)[C@H]13. The lowest BCUT2D eigenvalue weighted by atomic mass is 9.50. The molecule has 0 aliphatic heterocycles. The van der Waals surface area contributed by atoms with Crippen LogP contribution in [0.25, 0.3) is 0 Å². The van der Waals surface area contributed by atoms with Crippen LogP contribution in [0.15, 0.2) is 11.6 Å². The molecule has 0 aromatic rings. The van der Waals surface area contributed by atoms with Crippen molar-refractivity contribution in [3.05, 3.63) is 11.6 Å². The average Bonchev–Trinajstić information content (AvgIpc) is 3.16. The number of ketones is 2. The van der Waals surface area contributed by atoms with Crippen molar-refractivity contribution < 1.29 is 23.5 Å². The lowest BCUT2D eigenvalue weighted by molar-refractivity contribution is -0.154. The van der Waals surface area contributed by atoms with Gasteiger partial charge in [-0.1, -0.05) is 27.7 Å². The summed E-state index contributed by atoms with van der Waals surface area (Å²) in [6.07, 6.45) is 5.00. The van der Waals surface area contributed by atoms with E-state index < -0.39 is 13.7 Å². The first-order valence-corrected chi connectivity index (χ1v) is 15.1. The summed E-state index contributed by atoms with van der Waals surface area (Å²) in [6, 6.07) is 0. The summed E-state index contributed by atoms with van der Waals surface area (Å²) in [6.45, 7) is 15.9. The van der Waals surface area contributed by atoms with E-state index in [1.54, 1.807) is 20.3 Å². The van der Waals surface area contributed by atoms with Gasteiger partial charge in [0, 0.05) is 37.6 Å². The molecule has 4 aliphatic carbocycles. The number of hydrogen-bond acceptors (Lipinski definition) is 5. The molecule has 4 aliphatic rings. The van der Waals surface area contributed by atoms with Crippen LogP contribution in [-0.2, 0) is 23.5 Å². The van der Waals surface area contributed by atoms with Crippen LogP contribution in [0.1, 0.15) is 60.3 Å². The number of carbonyl (C=O) groups excluding carboxylic acids is 2. The second kappa shape index (κ2) is 7.34. The second-order valence-corrected chi connectivity index (χ2v) is 17.4. The molecule has 0 heterocycles. The first-order chi connectivity index (χ1) is 14.7. The molecule has 5 nitrogen and oxygen atoms in total. The topological polar surface area (TPSA) is 61.8 Å². The number of carbonyl (C=O) groups is 2. The van der Waals surface area contributed by atoms with E-state index in [1.165, 1.54) is 0 Å². The summed E-state index contributed by atoms with van der Waals surface area (Å²) < 4.78 is 18.7. The maximum Gasteiger partial charge on any atom is 0.192 e. The zero-order valence-electron chi connectivity index (χ0n) is 21.5. The van der Waals surface area contributed by atoms with Gasteiger partial charge in [-0.3, -0.25) is 9.59 Å². The molecule has 4 rings (SSSR count). The van der Waals surface area contributed by atoms with E-state index >= 15 is 0 Å². The second-order valence-electron chi connectivity index (χ2n) is 12.7. The molecule has 0 unspecified atom stereocenters. The van der Waals surface area contributed by atoms with Gasteiger partial charge < -0.3 is 13.9 Å². The Hall–Kier alpha value is -0.823. The number of hydrogen-bond donors (Lipinski definition) is 0. The zero-order valence-corrected chi connectivity index (χ0v) is 22.5. The van der Waals surface area contributed by atoms with Crippen molar-refractivity contribution in [2.45, 2.75) is 90.1 Å². The molecule has 0 radical (unpaired) electrons. The predicted octanol–water partition coefficient (Wildman–Crippen LogP) is 4.95. The molecular formula is C26H42O5Si. The van der Waals surface area contributed by atoms with Gasteiger partial charge in [-0.15, -0.1) is 0 Å². The molecule has 3 saturated carbocycles. The number of methoxy groups -OCH3 is 2. The molecule has 0 saturated heterocycles. The van der Waals surface area contributed by atoms with Crippen molar-refractivity contribution in [2.24, 2.45) is 28.6 Å². The maximum absolute atomic E-state index is 13.8. The molecule has 0 bridgehead atoms. The minimum absolute atomic E-state index is 0.0599. The lowest BCUT2D eigenvalue weighted by Gasteiger charge is -2.54. The molecule has 1 spiro atoms. The third kappa shape index (κ3) is 3.05. The van der Waals surface area contributed by atoms with Gasteiger partial charge in [-0.25, -0.2) is 0 Å². The summed E-state index contributed by atoms with van der Waals surface area (Å²) in [5.41, 5.74) is -0.509. The van der Waals surface area contributed by atoms with E-state index in [4.69, 9.17) is 13.9 Å². The van der Waals surface area contributed by atoms with Crippen LogP contribution in [-0.4, -0.2) is 52.4 Å². The summed E-state index contributed by atoms with van der Waals surface area (Å²) >= 11 is 0. The number of rotatable bonds is 6. The van der Waals surface area contributed by atoms with Gasteiger partial charge in [-0.2, -0.15) is 0 Å². The molecule has 7 atom stereocenters. The van der Waals surface area contributed by atoms with Crippen LogP contribution in [0.5, 0.6) is 0 Å². The highest BCUT2D eigenvalue weighted by Crippen LogP contribution is 2.82. The van der Waals surface area contributed by atoms with E-state index in [1.807, 2.05) is 6.92 Å². The largest absolute Gasteiger partial charge is 0.411 e. The zero-order chi connectivity index (χ0) is 23.9. The van der Waals surface area contributed by atoms with E-state index in [9.17, 15) is 9.59 Å². The van der Waals surface area contributed by atoms with Crippen molar-refractivity contribution in [2.75, 3.05) is 20.8 Å². The van der Waals surface area contributed by atoms with Crippen LogP contribution in [0.4, 0.5) is 0 Å². The quantitative estimate of drug-likeness (QED) is 0.523. The smallest absolute Gasteiger partial charge is 0.192 e. The van der Waals surface area contributed by atoms with E-state index in [-0.39, 0.29) is 51.5 Å². The first-order valence-electron chi connectivity index (χ1n) is 12.2. The molecule has 0 amide bonds. The fraction of sp³-hybridized carbons (Fsp3) is 0.846. The summed E-state index contributed by atoms with van der Waals surface area (Å²) in [7, 11) is 1.43. The van der Waals surface area contributed by atoms with E-state index in [0.29, 0.717) is 18.6 Å². The van der Waals surface area contributed by atoms with Crippen LogP contribution in [0.3, 0.4) is 0 Å². The van der Waals surface area contributed by atoms with Gasteiger partial charge in [0.2, 0.25) is 0 Å². The van der Waals surface area contributed by atoms with Crippen molar-refractivity contribution in [3.63, 3.8) is 0 Å². The average molecular weight is 463 g/mol. The van der Waals surface area contributed by atoms with E-state index in [0.717, 1.165) is 19.3 Å². The maximum atomic E-state index is 13.8. The molecule has 3 fully saturated rings. The number of fused-ring (bicyclic) bond motifs is 2. The molecule has 180 valence electrons. The summed E-state index contributed by atoms with van der Waals surface area (Å²) in [5, 5.41) is 0.0827. The van der Waals surface area contributed by atoms with Crippen LogP contribution >= 0.6 is 0 Å². The Kier molecular flexibility index (Phi) is 5.57. The standard InChI is InChI=1S/C26H42O5Si/c1-16-12-19(27)18-13-26(31-32(8,9)23(2,3)4)15-25(26)14-20(30-7)17(10-11-29-6)21(25)24(18,5)22(16)28/h12,17-18,20-21H,10-11,13-15H2,1-9H3/t17-,18+,20-,21-,24-,25+,26-/m0/s1. The van der Waals surface area contributed by atoms with Gasteiger partial charge in [0.05, 0.1) is 11.7 Å². The monoisotopic (exact) mass is 462 g/mol. The molecule has 0 aromatic carbocycles. The Morgan fingerprint density at radius 1 is 1.16 bits per heavy atom. The molecule has 0 N–H and O–H groups in total. The molecular weight excluding hydrogens is 420 g/mol. The highest BCUT2D eigenvalue weighted by molar-refractivity contribution is 6.74. The highest BCUT2D eigenvalue weighted by atomic mass is 28.4. The molecule has 32 heavy (non-hydrogen) atoms. The Morgan fingerprint density at radius 2 is 1.81 bits per heavy atom. The Bertz CT molecular complexity index is 857. The number of Topliss-reactive ketones (excluding diaryl/α,β-unsaturated/α-hetero) is 1. The minimum atomic E-state index is -2.08. The van der Waals surface area contributed by atoms with Crippen molar-refractivity contribution in [1.29, 1.82) is 0 Å². The highest BCUT2D eigenvalue weighted by Gasteiger charge is 2.84. The van der Waals surface area contributed by atoms with Crippen molar-refractivity contribution >= 4 is 19.9 Å². The van der Waals surface area contributed by atoms with Crippen LogP contribution in [0.2, 0.25) is 18.1 Å². The van der Waals surface area contributed by atoms with Crippen molar-refractivity contribution in [3.8, 4) is 0 Å². The van der Waals surface area contributed by atoms with Gasteiger partial charge in [0.25, 0.3) is 0 Å². The van der Waals surface area contributed by atoms with Crippen LogP contribution in [0, 0.1) is 28.6 Å². The third-order valence-corrected chi connectivity index (χ3v) is 14.6. The summed E-state index contributed by atoms with van der Waals surface area (Å²) in [5.74, 6) is 0.192. The minimum Gasteiger partial charge on any atom is -0.411 e. The Labute approximate surface area is 194 Å². The lowest BCUT2D eigenvalue weighted by Crippen LogP contribution is -2.60. The fourth-order valence-corrected chi connectivity index (χ4v) is 9.26. The Balaban J connectivity index is 1.85. The van der Waals surface area contributed by atoms with Gasteiger partial charge >= 0.3 is 0 Å². The first kappa shape index (κ1) is 24.3. The normalized spacial score (nSPS) is 43.5. The van der Waals surface area contributed by atoms with Crippen molar-refractivity contribution in [1.82, 2.24) is 0 Å². The molecule has 6 heteroatoms. The van der Waals surface area contributed by atoms with Gasteiger partial charge in [-0.05, 0) is 74.2 Å². The number of ether oxygens (including phenoxy) is 2.